The van der Waals surface area contributed by atoms with Crippen LogP contribution in [-0.2, 0) is 4.79 Å². The van der Waals surface area contributed by atoms with Crippen LogP contribution in [0.25, 0.3) is 0 Å². The number of carbonyl (C=O) groups is 2. The van der Waals surface area contributed by atoms with Gasteiger partial charge in [-0.2, -0.15) is 0 Å². The molecule has 1 atom stereocenters. The normalized spacial score (nSPS) is 28.3. The summed E-state index contributed by atoms with van der Waals surface area (Å²) in [6, 6.07) is 0. The zero-order valence-electron chi connectivity index (χ0n) is 9.13. The van der Waals surface area contributed by atoms with E-state index in [1.807, 2.05) is 27.7 Å². The minimum atomic E-state index is -1.13. The summed E-state index contributed by atoms with van der Waals surface area (Å²) < 4.78 is 0. The molecular weight excluding hydrogens is 182 g/mol. The van der Waals surface area contributed by atoms with Gasteiger partial charge in [0.2, 0.25) is 5.91 Å². The molecule has 14 heavy (non-hydrogen) atoms. The van der Waals surface area contributed by atoms with Crippen LogP contribution < -0.4 is 0 Å². The van der Waals surface area contributed by atoms with Crippen LogP contribution in [0.4, 0.5) is 4.79 Å². The van der Waals surface area contributed by atoms with E-state index < -0.39 is 11.6 Å². The third kappa shape index (κ3) is 1.38. The third-order valence-corrected chi connectivity index (χ3v) is 3.38. The van der Waals surface area contributed by atoms with Crippen molar-refractivity contribution >= 4 is 12.0 Å². The fourth-order valence-corrected chi connectivity index (χ4v) is 1.88. The molecule has 0 spiro atoms. The molecule has 4 heteroatoms. The zero-order chi connectivity index (χ0) is 11.1. The Morgan fingerprint density at radius 3 is 2.29 bits per heavy atom. The molecule has 0 aromatic heterocycles. The molecule has 1 heterocycles. The van der Waals surface area contributed by atoms with E-state index in [-0.39, 0.29) is 11.3 Å². The highest BCUT2D eigenvalue weighted by molar-refractivity contribution is 5.94. The summed E-state index contributed by atoms with van der Waals surface area (Å²) in [6.07, 6.45) is -0.188. The Kier molecular flexibility index (Phi) is 2.34. The van der Waals surface area contributed by atoms with Gasteiger partial charge >= 0.3 is 6.09 Å². The van der Waals surface area contributed by atoms with Gasteiger partial charge in [-0.05, 0) is 18.8 Å². The molecule has 4 nitrogen and oxygen atoms in total. The quantitative estimate of drug-likeness (QED) is 0.650. The highest BCUT2D eigenvalue weighted by Crippen LogP contribution is 2.43. The van der Waals surface area contributed by atoms with Crippen molar-refractivity contribution in [3.05, 3.63) is 0 Å². The van der Waals surface area contributed by atoms with Gasteiger partial charge in [-0.1, -0.05) is 20.8 Å². The highest BCUT2D eigenvalue weighted by Gasteiger charge is 2.52. The second-order valence-electron chi connectivity index (χ2n) is 5.04. The highest BCUT2D eigenvalue weighted by atomic mass is 16.4. The Hall–Kier alpha value is -1.06. The molecule has 2 amide bonds. The molecule has 1 saturated heterocycles. The third-order valence-electron chi connectivity index (χ3n) is 3.38. The number of amides is 2. The molecular formula is C10H17NO3. The predicted molar refractivity (Wildman–Crippen MR) is 52.0 cm³/mol. The Morgan fingerprint density at radius 1 is 1.50 bits per heavy atom. The van der Waals surface area contributed by atoms with Gasteiger partial charge in [0.25, 0.3) is 0 Å². The van der Waals surface area contributed by atoms with Crippen LogP contribution in [0.2, 0.25) is 0 Å². The van der Waals surface area contributed by atoms with Crippen LogP contribution in [0.15, 0.2) is 0 Å². The summed E-state index contributed by atoms with van der Waals surface area (Å²) in [5.74, 6) is -0.282. The monoisotopic (exact) mass is 199 g/mol. The van der Waals surface area contributed by atoms with E-state index in [0.29, 0.717) is 12.8 Å². The number of hydrogen-bond donors (Lipinski definition) is 1. The minimum absolute atomic E-state index is 0.225. The van der Waals surface area contributed by atoms with Gasteiger partial charge in [0.15, 0.2) is 0 Å². The molecule has 80 valence electrons. The fraction of sp³-hybridized carbons (Fsp3) is 0.800. The first kappa shape index (κ1) is 11.0. The zero-order valence-corrected chi connectivity index (χ0v) is 9.13. The van der Waals surface area contributed by atoms with Crippen LogP contribution >= 0.6 is 0 Å². The molecule has 0 radical (unpaired) electrons. The Labute approximate surface area is 83.9 Å². The smallest absolute Gasteiger partial charge is 0.414 e. The van der Waals surface area contributed by atoms with Crippen LogP contribution in [0.1, 0.15) is 40.5 Å². The van der Waals surface area contributed by atoms with Crippen molar-refractivity contribution < 1.29 is 14.7 Å². The van der Waals surface area contributed by atoms with Gasteiger partial charge < -0.3 is 5.11 Å². The lowest BCUT2D eigenvalue weighted by Gasteiger charge is -2.43. The Bertz CT molecular complexity index is 280. The van der Waals surface area contributed by atoms with Crippen molar-refractivity contribution in [2.24, 2.45) is 5.41 Å². The molecule has 0 saturated carbocycles. The lowest BCUT2D eigenvalue weighted by atomic mass is 9.73. The summed E-state index contributed by atoms with van der Waals surface area (Å²) in [5, 5.41) is 8.99. The predicted octanol–water partition coefficient (Wildman–Crippen LogP) is 2.09. The van der Waals surface area contributed by atoms with Gasteiger partial charge in [-0.3, -0.25) is 4.79 Å². The number of carboxylic acid groups (broad SMARTS) is 1. The van der Waals surface area contributed by atoms with E-state index in [1.54, 1.807) is 0 Å². The number of nitrogens with zero attached hydrogens (tertiary/aromatic N) is 1. The van der Waals surface area contributed by atoms with Crippen LogP contribution in [0.3, 0.4) is 0 Å². The fourth-order valence-electron chi connectivity index (χ4n) is 1.88. The molecule has 0 aromatic rings. The van der Waals surface area contributed by atoms with Crippen molar-refractivity contribution in [1.82, 2.24) is 4.90 Å². The van der Waals surface area contributed by atoms with Crippen molar-refractivity contribution in [3.63, 3.8) is 0 Å². The second kappa shape index (κ2) is 2.97. The maximum Gasteiger partial charge on any atom is 0.414 e. The molecule has 0 bridgehead atoms. The first-order chi connectivity index (χ1) is 6.20. The molecule has 1 aliphatic heterocycles. The average molecular weight is 199 g/mol. The van der Waals surface area contributed by atoms with Crippen molar-refractivity contribution in [3.8, 4) is 0 Å². The molecule has 1 fully saturated rings. The van der Waals surface area contributed by atoms with Crippen molar-refractivity contribution in [2.45, 2.75) is 46.1 Å². The van der Waals surface area contributed by atoms with Gasteiger partial charge in [0.05, 0.1) is 5.54 Å². The largest absolute Gasteiger partial charge is 0.465 e. The number of imide groups is 1. The lowest BCUT2D eigenvalue weighted by molar-refractivity contribution is -0.130. The Morgan fingerprint density at radius 2 is 2.00 bits per heavy atom. The number of likely N-dealkylation sites (tertiary alicyclic amines) is 1. The van der Waals surface area contributed by atoms with E-state index in [9.17, 15) is 9.59 Å². The molecule has 1 rings (SSSR count). The second-order valence-corrected chi connectivity index (χ2v) is 5.04. The summed E-state index contributed by atoms with van der Waals surface area (Å²) in [5.41, 5.74) is -0.798. The van der Waals surface area contributed by atoms with E-state index >= 15 is 0 Å². The minimum Gasteiger partial charge on any atom is -0.465 e. The summed E-state index contributed by atoms with van der Waals surface area (Å²) in [6.45, 7) is 7.72. The van der Waals surface area contributed by atoms with Gasteiger partial charge in [0, 0.05) is 6.42 Å². The van der Waals surface area contributed by atoms with Crippen molar-refractivity contribution in [1.29, 1.82) is 0 Å². The van der Waals surface area contributed by atoms with Crippen LogP contribution in [0.5, 0.6) is 0 Å². The standard InChI is InChI=1S/C10H17NO3/c1-9(2,3)10(4)6-5-7(12)11(10)8(13)14/h5-6H2,1-4H3,(H,13,14). The average Bonchev–Trinajstić information content (AvgIpc) is 2.26. The van der Waals surface area contributed by atoms with Gasteiger partial charge in [-0.15, -0.1) is 0 Å². The van der Waals surface area contributed by atoms with Crippen LogP contribution in [0, 0.1) is 5.41 Å². The van der Waals surface area contributed by atoms with Gasteiger partial charge in [-0.25, -0.2) is 9.69 Å². The van der Waals surface area contributed by atoms with E-state index in [2.05, 4.69) is 0 Å². The topological polar surface area (TPSA) is 57.6 Å². The maximum absolute atomic E-state index is 11.4. The maximum atomic E-state index is 11.4. The van der Waals surface area contributed by atoms with Gasteiger partial charge in [0.1, 0.15) is 0 Å². The van der Waals surface area contributed by atoms with Crippen LogP contribution in [-0.4, -0.2) is 27.5 Å². The number of rotatable bonds is 0. The molecule has 0 aromatic carbocycles. The summed E-state index contributed by atoms with van der Waals surface area (Å²) in [7, 11) is 0. The van der Waals surface area contributed by atoms with Crippen molar-refractivity contribution in [2.75, 3.05) is 0 Å². The molecule has 1 unspecified atom stereocenters. The van der Waals surface area contributed by atoms with E-state index in [0.717, 1.165) is 4.90 Å². The number of hydrogen-bond acceptors (Lipinski definition) is 2. The SMILES string of the molecule is CC(C)(C)C1(C)CCC(=O)N1C(=O)O. The molecule has 1 N–H and O–H groups in total. The summed E-state index contributed by atoms with van der Waals surface area (Å²) in [4.78, 5) is 23.4. The number of carbonyl (C=O) groups excluding carboxylic acids is 1. The van der Waals surface area contributed by atoms with E-state index in [1.165, 1.54) is 0 Å². The summed E-state index contributed by atoms with van der Waals surface area (Å²) >= 11 is 0. The Balaban J connectivity index is 3.11. The molecule has 1 aliphatic rings. The lowest BCUT2D eigenvalue weighted by Crippen LogP contribution is -2.54. The first-order valence-electron chi connectivity index (χ1n) is 4.76. The molecule has 0 aliphatic carbocycles. The first-order valence-corrected chi connectivity index (χ1v) is 4.76. The van der Waals surface area contributed by atoms with E-state index in [4.69, 9.17) is 5.11 Å².